The molecule has 4 nitrogen and oxygen atoms in total. The van der Waals surface area contributed by atoms with E-state index in [9.17, 15) is 9.90 Å². The fraction of sp³-hybridized carbons (Fsp3) is 0.381. The van der Waals surface area contributed by atoms with Gasteiger partial charge in [0.15, 0.2) is 0 Å². The van der Waals surface area contributed by atoms with E-state index in [0.717, 1.165) is 0 Å². The number of likely N-dealkylation sites (tertiary alicyclic amines) is 1. The molecule has 0 spiro atoms. The third-order valence-corrected chi connectivity index (χ3v) is 5.47. The maximum absolute atomic E-state index is 12.3. The smallest absolute Gasteiger partial charge is 0.409 e. The molecule has 0 atom stereocenters. The van der Waals surface area contributed by atoms with Crippen LogP contribution in [0.25, 0.3) is 11.1 Å². The van der Waals surface area contributed by atoms with E-state index in [4.69, 9.17) is 4.74 Å². The molecule has 130 valence electrons. The third kappa shape index (κ3) is 2.81. The van der Waals surface area contributed by atoms with Crippen LogP contribution in [-0.4, -0.2) is 41.4 Å². The topological polar surface area (TPSA) is 49.8 Å². The van der Waals surface area contributed by atoms with E-state index < -0.39 is 5.60 Å². The van der Waals surface area contributed by atoms with Crippen molar-refractivity contribution >= 4 is 6.09 Å². The molecule has 1 amide bonds. The second-order valence-electron chi connectivity index (χ2n) is 7.56. The van der Waals surface area contributed by atoms with Gasteiger partial charge in [-0.25, -0.2) is 4.79 Å². The summed E-state index contributed by atoms with van der Waals surface area (Å²) in [5.41, 5.74) is 4.14. The molecule has 4 heteroatoms. The lowest BCUT2D eigenvalue weighted by Crippen LogP contribution is -2.57. The quantitative estimate of drug-likeness (QED) is 0.930. The summed E-state index contributed by atoms with van der Waals surface area (Å²) in [6, 6.07) is 16.6. The van der Waals surface area contributed by atoms with Gasteiger partial charge in [0.25, 0.3) is 0 Å². The van der Waals surface area contributed by atoms with Crippen LogP contribution in [0.2, 0.25) is 0 Å². The minimum Gasteiger partial charge on any atom is -0.448 e. The molecule has 25 heavy (non-hydrogen) atoms. The van der Waals surface area contributed by atoms with Gasteiger partial charge in [-0.3, -0.25) is 0 Å². The standard InChI is InChI=1S/C21H23NO3/c1-21(2,24)14-11-22(12-14)20(23)25-13-19-17-9-5-3-7-15(17)16-8-4-6-10-18(16)19/h3-10,14,19,24H,11-13H2,1-2H3. The molecule has 2 aromatic rings. The Hall–Kier alpha value is -2.33. The van der Waals surface area contributed by atoms with E-state index >= 15 is 0 Å². The van der Waals surface area contributed by atoms with Gasteiger partial charge in [-0.1, -0.05) is 48.5 Å². The lowest BCUT2D eigenvalue weighted by atomic mass is 9.85. The zero-order valence-electron chi connectivity index (χ0n) is 14.6. The Bertz CT molecular complexity index is 757. The number of ether oxygens (including phenoxy) is 1. The number of carbonyl (C=O) groups is 1. The summed E-state index contributed by atoms with van der Waals surface area (Å²) in [5.74, 6) is 0.204. The van der Waals surface area contributed by atoms with Crippen molar-refractivity contribution in [2.24, 2.45) is 5.92 Å². The van der Waals surface area contributed by atoms with Crippen LogP contribution in [0.4, 0.5) is 4.79 Å². The lowest BCUT2D eigenvalue weighted by molar-refractivity contribution is -0.0569. The van der Waals surface area contributed by atoms with Gasteiger partial charge in [0.1, 0.15) is 6.61 Å². The van der Waals surface area contributed by atoms with Crippen molar-refractivity contribution in [2.45, 2.75) is 25.4 Å². The summed E-state index contributed by atoms with van der Waals surface area (Å²) in [6.07, 6.45) is -0.289. The van der Waals surface area contributed by atoms with Gasteiger partial charge in [0, 0.05) is 24.9 Å². The lowest BCUT2D eigenvalue weighted by Gasteiger charge is -2.44. The van der Waals surface area contributed by atoms with E-state index in [0.29, 0.717) is 19.7 Å². The van der Waals surface area contributed by atoms with Gasteiger partial charge in [0.05, 0.1) is 5.60 Å². The van der Waals surface area contributed by atoms with Crippen LogP contribution in [0.5, 0.6) is 0 Å². The number of benzene rings is 2. The van der Waals surface area contributed by atoms with E-state index in [1.807, 2.05) is 24.3 Å². The Morgan fingerprint density at radius 1 is 1.08 bits per heavy atom. The Morgan fingerprint density at radius 3 is 2.12 bits per heavy atom. The first kappa shape index (κ1) is 16.2. The van der Waals surface area contributed by atoms with E-state index in [2.05, 4.69) is 24.3 Å². The summed E-state index contributed by atoms with van der Waals surface area (Å²) in [7, 11) is 0. The van der Waals surface area contributed by atoms with E-state index in [1.165, 1.54) is 22.3 Å². The van der Waals surface area contributed by atoms with Crippen molar-refractivity contribution in [1.82, 2.24) is 4.90 Å². The Balaban J connectivity index is 1.45. The summed E-state index contributed by atoms with van der Waals surface area (Å²) in [4.78, 5) is 14.0. The van der Waals surface area contributed by atoms with Crippen molar-refractivity contribution in [3.05, 3.63) is 59.7 Å². The molecule has 1 aliphatic heterocycles. The van der Waals surface area contributed by atoms with E-state index in [-0.39, 0.29) is 17.9 Å². The maximum atomic E-state index is 12.3. The summed E-state index contributed by atoms with van der Waals surface area (Å²) < 4.78 is 5.61. The van der Waals surface area contributed by atoms with Crippen molar-refractivity contribution in [1.29, 1.82) is 0 Å². The zero-order chi connectivity index (χ0) is 17.6. The summed E-state index contributed by atoms with van der Waals surface area (Å²) >= 11 is 0. The molecule has 4 rings (SSSR count). The first-order chi connectivity index (χ1) is 11.9. The second kappa shape index (κ2) is 5.88. The Morgan fingerprint density at radius 2 is 1.60 bits per heavy atom. The average Bonchev–Trinajstić information content (AvgIpc) is 2.84. The van der Waals surface area contributed by atoms with Crippen LogP contribution >= 0.6 is 0 Å². The number of rotatable bonds is 3. The predicted molar refractivity (Wildman–Crippen MR) is 96.4 cm³/mol. The van der Waals surface area contributed by atoms with Gasteiger partial charge in [0.2, 0.25) is 0 Å². The van der Waals surface area contributed by atoms with Crippen LogP contribution in [0, 0.1) is 5.92 Å². The molecule has 1 saturated heterocycles. The second-order valence-corrected chi connectivity index (χ2v) is 7.56. The number of hydrogen-bond donors (Lipinski definition) is 1. The van der Waals surface area contributed by atoms with Crippen molar-refractivity contribution in [3.8, 4) is 11.1 Å². The van der Waals surface area contributed by atoms with Crippen molar-refractivity contribution in [2.75, 3.05) is 19.7 Å². The molecule has 1 fully saturated rings. The molecule has 1 aliphatic carbocycles. The van der Waals surface area contributed by atoms with Crippen LogP contribution in [0.3, 0.4) is 0 Å². The molecule has 0 bridgehead atoms. The highest BCUT2D eigenvalue weighted by atomic mass is 16.6. The largest absolute Gasteiger partial charge is 0.448 e. The maximum Gasteiger partial charge on any atom is 0.409 e. The molecule has 0 unspecified atom stereocenters. The van der Waals surface area contributed by atoms with Gasteiger partial charge in [-0.05, 0) is 36.1 Å². The molecular weight excluding hydrogens is 314 g/mol. The van der Waals surface area contributed by atoms with Crippen LogP contribution in [0.1, 0.15) is 30.9 Å². The Labute approximate surface area is 148 Å². The molecule has 0 radical (unpaired) electrons. The van der Waals surface area contributed by atoms with Gasteiger partial charge in [-0.15, -0.1) is 0 Å². The first-order valence-electron chi connectivity index (χ1n) is 8.77. The monoisotopic (exact) mass is 337 g/mol. The third-order valence-electron chi connectivity index (χ3n) is 5.47. The minimum absolute atomic E-state index is 0.0858. The highest BCUT2D eigenvalue weighted by Gasteiger charge is 2.40. The van der Waals surface area contributed by atoms with E-state index in [1.54, 1.807) is 18.7 Å². The van der Waals surface area contributed by atoms with Crippen molar-refractivity contribution in [3.63, 3.8) is 0 Å². The fourth-order valence-corrected chi connectivity index (χ4v) is 3.76. The normalized spacial score (nSPS) is 17.0. The number of carbonyl (C=O) groups excluding carboxylic acids is 1. The van der Waals surface area contributed by atoms with Gasteiger partial charge < -0.3 is 14.7 Å². The van der Waals surface area contributed by atoms with Crippen molar-refractivity contribution < 1.29 is 14.6 Å². The van der Waals surface area contributed by atoms with Crippen LogP contribution in [-0.2, 0) is 4.74 Å². The Kier molecular flexibility index (Phi) is 3.80. The predicted octanol–water partition coefficient (Wildman–Crippen LogP) is 3.64. The highest BCUT2D eigenvalue weighted by molar-refractivity contribution is 5.79. The number of hydrogen-bond acceptors (Lipinski definition) is 3. The summed E-state index contributed by atoms with van der Waals surface area (Å²) in [6.45, 7) is 5.02. The minimum atomic E-state index is -0.750. The van der Waals surface area contributed by atoms with Gasteiger partial charge >= 0.3 is 6.09 Å². The molecule has 2 aliphatic rings. The SMILES string of the molecule is CC(C)(O)C1CN(C(=O)OCC2c3ccccc3-c3ccccc32)C1. The fourth-order valence-electron chi connectivity index (χ4n) is 3.76. The average molecular weight is 337 g/mol. The molecule has 1 N–H and O–H groups in total. The number of nitrogens with zero attached hydrogens (tertiary/aromatic N) is 1. The molecular formula is C21H23NO3. The zero-order valence-corrected chi connectivity index (χ0v) is 14.6. The first-order valence-corrected chi connectivity index (χ1v) is 8.77. The molecule has 0 saturated carbocycles. The molecule has 1 heterocycles. The molecule has 0 aromatic heterocycles. The van der Waals surface area contributed by atoms with Crippen LogP contribution < -0.4 is 0 Å². The summed E-state index contributed by atoms with van der Waals surface area (Å²) in [5, 5.41) is 9.98. The molecule has 2 aromatic carbocycles. The van der Waals surface area contributed by atoms with Gasteiger partial charge in [-0.2, -0.15) is 0 Å². The number of aliphatic hydroxyl groups is 1. The highest BCUT2D eigenvalue weighted by Crippen LogP contribution is 2.44. The van der Waals surface area contributed by atoms with Crippen LogP contribution in [0.15, 0.2) is 48.5 Å². The number of fused-ring (bicyclic) bond motifs is 3. The number of amides is 1.